The van der Waals surface area contributed by atoms with E-state index in [1.807, 2.05) is 17.9 Å². The van der Waals surface area contributed by atoms with Crippen LogP contribution in [0, 0.1) is 17.1 Å². The van der Waals surface area contributed by atoms with E-state index in [4.69, 9.17) is 4.98 Å². The number of carbonyl (C=O) groups is 1. The predicted molar refractivity (Wildman–Crippen MR) is 125 cm³/mol. The Bertz CT molecular complexity index is 1420. The van der Waals surface area contributed by atoms with E-state index < -0.39 is 6.04 Å². The van der Waals surface area contributed by atoms with Crippen LogP contribution in [-0.4, -0.2) is 38.5 Å². The fourth-order valence-electron chi connectivity index (χ4n) is 4.15. The highest BCUT2D eigenvalue weighted by Gasteiger charge is 2.38. The first-order valence-corrected chi connectivity index (χ1v) is 10.8. The summed E-state index contributed by atoms with van der Waals surface area (Å²) in [5, 5.41) is 9.39. The average molecular weight is 453 g/mol. The zero-order chi connectivity index (χ0) is 23.8. The molecule has 0 fully saturated rings. The normalized spacial score (nSPS) is 15.2. The number of anilines is 3. The molecule has 168 valence electrons. The van der Waals surface area contributed by atoms with E-state index in [0.29, 0.717) is 46.5 Å². The van der Waals surface area contributed by atoms with Crippen molar-refractivity contribution in [1.29, 1.82) is 5.26 Å². The third-order valence-corrected chi connectivity index (χ3v) is 5.85. The zero-order valence-electron chi connectivity index (χ0n) is 18.6. The van der Waals surface area contributed by atoms with E-state index >= 15 is 0 Å². The number of hydrogen-bond donors (Lipinski definition) is 0. The highest BCUT2D eigenvalue weighted by Crippen LogP contribution is 2.40. The molecule has 0 spiro atoms. The molecule has 1 aliphatic heterocycles. The number of carbonyl (C=O) groups excluding carboxylic acids is 1. The number of aromatic nitrogens is 4. The Labute approximate surface area is 195 Å². The number of hydrogen-bond acceptors (Lipinski definition) is 6. The van der Waals surface area contributed by atoms with E-state index in [1.165, 1.54) is 12.1 Å². The third kappa shape index (κ3) is 3.46. The molecule has 5 rings (SSSR count). The molecule has 1 amide bonds. The lowest BCUT2D eigenvalue weighted by molar-refractivity contribution is -0.119. The molecule has 2 aromatic carbocycles. The maximum absolute atomic E-state index is 13.4. The second-order valence-corrected chi connectivity index (χ2v) is 7.86. The molecule has 0 radical (unpaired) electrons. The van der Waals surface area contributed by atoms with Gasteiger partial charge in [-0.3, -0.25) is 9.36 Å². The van der Waals surface area contributed by atoms with Crippen LogP contribution in [0.5, 0.6) is 0 Å². The van der Waals surface area contributed by atoms with Gasteiger partial charge in [0.1, 0.15) is 23.4 Å². The second kappa shape index (κ2) is 8.41. The monoisotopic (exact) mass is 453 g/mol. The molecule has 0 saturated heterocycles. The molecule has 2 aromatic heterocycles. The lowest BCUT2D eigenvalue weighted by Crippen LogP contribution is -2.50. The van der Waals surface area contributed by atoms with Gasteiger partial charge in [0, 0.05) is 30.7 Å². The number of imidazole rings is 1. The van der Waals surface area contributed by atoms with E-state index in [0.717, 1.165) is 0 Å². The van der Waals surface area contributed by atoms with Crippen LogP contribution in [0.3, 0.4) is 0 Å². The van der Waals surface area contributed by atoms with Crippen LogP contribution in [0.25, 0.3) is 17.3 Å². The Hall–Kier alpha value is -4.58. The van der Waals surface area contributed by atoms with Crippen LogP contribution < -0.4 is 9.80 Å². The molecular formula is C25H20FN7O. The largest absolute Gasteiger partial charge is 0.312 e. The van der Waals surface area contributed by atoms with Crippen molar-refractivity contribution >= 4 is 23.1 Å². The van der Waals surface area contributed by atoms with Gasteiger partial charge in [-0.2, -0.15) is 10.2 Å². The summed E-state index contributed by atoms with van der Waals surface area (Å²) in [4.78, 5) is 30.3. The SMILES string of the molecule is CCC1C(=O)N(C)c2cnc(-n3ccnc3-c3ccc(F)cc3)nc2N1c1cccc(C#N)c1. The maximum Gasteiger partial charge on any atom is 0.250 e. The summed E-state index contributed by atoms with van der Waals surface area (Å²) >= 11 is 0. The molecule has 1 atom stereocenters. The Balaban J connectivity index is 1.68. The van der Waals surface area contributed by atoms with Gasteiger partial charge in [0.2, 0.25) is 11.9 Å². The van der Waals surface area contributed by atoms with Crippen LogP contribution in [-0.2, 0) is 4.79 Å². The summed E-state index contributed by atoms with van der Waals surface area (Å²) < 4.78 is 15.1. The minimum absolute atomic E-state index is 0.0802. The quantitative estimate of drug-likeness (QED) is 0.459. The van der Waals surface area contributed by atoms with Gasteiger partial charge in [0.15, 0.2) is 5.82 Å². The number of rotatable bonds is 4. The first kappa shape index (κ1) is 21.3. The van der Waals surface area contributed by atoms with Crippen LogP contribution in [0.15, 0.2) is 67.1 Å². The number of likely N-dealkylation sites (N-methyl/N-ethyl adjacent to an activating group) is 1. The number of halogens is 1. The molecule has 0 bridgehead atoms. The fraction of sp³-hybridized carbons (Fsp3) is 0.160. The van der Waals surface area contributed by atoms with Crippen LogP contribution >= 0.6 is 0 Å². The minimum atomic E-state index is -0.492. The molecular weight excluding hydrogens is 433 g/mol. The van der Waals surface area contributed by atoms with Crippen molar-refractivity contribution in [2.24, 2.45) is 0 Å². The smallest absolute Gasteiger partial charge is 0.250 e. The van der Waals surface area contributed by atoms with Gasteiger partial charge in [-0.05, 0) is 48.9 Å². The fourth-order valence-corrected chi connectivity index (χ4v) is 4.15. The summed E-state index contributed by atoms with van der Waals surface area (Å²) in [6.07, 6.45) is 5.51. The Morgan fingerprint density at radius 2 is 1.94 bits per heavy atom. The molecule has 8 nitrogen and oxygen atoms in total. The molecule has 0 aliphatic carbocycles. The molecule has 0 N–H and O–H groups in total. The Morgan fingerprint density at radius 3 is 2.68 bits per heavy atom. The van der Waals surface area contributed by atoms with Crippen molar-refractivity contribution in [3.8, 4) is 23.4 Å². The highest BCUT2D eigenvalue weighted by atomic mass is 19.1. The summed E-state index contributed by atoms with van der Waals surface area (Å²) in [6.45, 7) is 1.94. The van der Waals surface area contributed by atoms with Crippen molar-refractivity contribution in [2.75, 3.05) is 16.8 Å². The standard InChI is InChI=1S/C25H20FN7O/c1-3-20-24(34)31(2)21-15-29-25(30-23(21)33(20)19-6-4-5-16(13-19)14-27)32-12-11-28-22(32)17-7-9-18(26)10-8-17/h4-13,15,20H,3H2,1-2H3. The number of amides is 1. The van der Waals surface area contributed by atoms with E-state index in [-0.39, 0.29) is 11.7 Å². The van der Waals surface area contributed by atoms with Gasteiger partial charge in [-0.15, -0.1) is 0 Å². The van der Waals surface area contributed by atoms with Gasteiger partial charge in [-0.1, -0.05) is 13.0 Å². The van der Waals surface area contributed by atoms with Crippen molar-refractivity contribution in [3.05, 3.63) is 78.5 Å². The van der Waals surface area contributed by atoms with E-state index in [2.05, 4.69) is 16.0 Å². The topological polar surface area (TPSA) is 90.9 Å². The molecule has 4 aromatic rings. The van der Waals surface area contributed by atoms with Crippen molar-refractivity contribution in [2.45, 2.75) is 19.4 Å². The Kier molecular flexibility index (Phi) is 5.26. The van der Waals surface area contributed by atoms with E-state index in [1.54, 1.807) is 65.4 Å². The van der Waals surface area contributed by atoms with Crippen molar-refractivity contribution < 1.29 is 9.18 Å². The number of fused-ring (bicyclic) bond motifs is 1. The third-order valence-electron chi connectivity index (χ3n) is 5.85. The van der Waals surface area contributed by atoms with Crippen molar-refractivity contribution in [1.82, 2.24) is 19.5 Å². The first-order chi connectivity index (χ1) is 16.5. The maximum atomic E-state index is 13.4. The van der Waals surface area contributed by atoms with Crippen LogP contribution in [0.1, 0.15) is 18.9 Å². The highest BCUT2D eigenvalue weighted by molar-refractivity contribution is 6.06. The number of benzene rings is 2. The van der Waals surface area contributed by atoms with E-state index in [9.17, 15) is 14.4 Å². The first-order valence-electron chi connectivity index (χ1n) is 10.8. The summed E-state index contributed by atoms with van der Waals surface area (Å²) in [7, 11) is 1.71. The average Bonchev–Trinajstić information content (AvgIpc) is 3.36. The molecule has 9 heteroatoms. The summed E-state index contributed by atoms with van der Waals surface area (Å²) in [5.74, 6) is 1.05. The van der Waals surface area contributed by atoms with Gasteiger partial charge in [-0.25, -0.2) is 14.4 Å². The molecule has 0 saturated carbocycles. The van der Waals surface area contributed by atoms with Gasteiger partial charge < -0.3 is 9.80 Å². The van der Waals surface area contributed by atoms with Crippen LogP contribution in [0.4, 0.5) is 21.6 Å². The second-order valence-electron chi connectivity index (χ2n) is 7.86. The summed E-state index contributed by atoms with van der Waals surface area (Å²) in [6, 6.07) is 14.8. The summed E-state index contributed by atoms with van der Waals surface area (Å²) in [5.41, 5.74) is 2.46. The number of nitriles is 1. The van der Waals surface area contributed by atoms with Crippen LogP contribution in [0.2, 0.25) is 0 Å². The lowest BCUT2D eigenvalue weighted by Gasteiger charge is -2.40. The van der Waals surface area contributed by atoms with Crippen molar-refractivity contribution in [3.63, 3.8) is 0 Å². The molecule has 1 aliphatic rings. The predicted octanol–water partition coefficient (Wildman–Crippen LogP) is 4.23. The lowest BCUT2D eigenvalue weighted by atomic mass is 10.1. The number of nitrogens with zero attached hydrogens (tertiary/aromatic N) is 7. The molecule has 34 heavy (non-hydrogen) atoms. The zero-order valence-corrected chi connectivity index (χ0v) is 18.6. The molecule has 3 heterocycles. The Morgan fingerprint density at radius 1 is 1.15 bits per heavy atom. The minimum Gasteiger partial charge on any atom is -0.312 e. The van der Waals surface area contributed by atoms with Gasteiger partial charge in [0.05, 0.1) is 17.8 Å². The molecule has 1 unspecified atom stereocenters. The van der Waals surface area contributed by atoms with Gasteiger partial charge >= 0.3 is 0 Å². The van der Waals surface area contributed by atoms with Gasteiger partial charge in [0.25, 0.3) is 0 Å².